The number of hydrogen-bond acceptors (Lipinski definition) is 8. The molecule has 7 atom stereocenters. The number of aliphatic carboxylic acids is 1. The molecule has 11 nitrogen and oxygen atoms in total. The topological polar surface area (TPSA) is 142 Å². The van der Waals surface area contributed by atoms with E-state index in [1.54, 1.807) is 41.5 Å². The van der Waals surface area contributed by atoms with Gasteiger partial charge in [-0.25, -0.2) is 4.79 Å². The van der Waals surface area contributed by atoms with Crippen LogP contribution in [0.25, 0.3) is 0 Å². The molecule has 3 N–H and O–H groups in total. The van der Waals surface area contributed by atoms with E-state index in [0.29, 0.717) is 0 Å². The largest absolute Gasteiger partial charge is 0.480 e. The highest BCUT2D eigenvalue weighted by molar-refractivity contribution is 5.92. The fraction of sp³-hybridized carbons (Fsp3) is 0.870. The Morgan fingerprint density at radius 3 is 1.97 bits per heavy atom. The summed E-state index contributed by atoms with van der Waals surface area (Å²) in [6, 6.07) is -2.03. The first-order valence-electron chi connectivity index (χ1n) is 11.8. The molecule has 0 aromatic rings. The first-order chi connectivity index (χ1) is 15.6. The summed E-state index contributed by atoms with van der Waals surface area (Å²) in [5.41, 5.74) is 0. The van der Waals surface area contributed by atoms with Gasteiger partial charge < -0.3 is 39.4 Å². The fourth-order valence-corrected chi connectivity index (χ4v) is 4.55. The van der Waals surface area contributed by atoms with Crippen molar-refractivity contribution in [2.75, 3.05) is 0 Å². The Balaban J connectivity index is 1.76. The maximum absolute atomic E-state index is 13.4. The number of carbonyl (C=O) groups excluding carboxylic acids is 2. The molecule has 194 valence electrons. The van der Waals surface area contributed by atoms with Gasteiger partial charge >= 0.3 is 5.97 Å². The van der Waals surface area contributed by atoms with Gasteiger partial charge in [0.05, 0.1) is 0 Å². The van der Waals surface area contributed by atoms with Gasteiger partial charge in [0, 0.05) is 0 Å². The second kappa shape index (κ2) is 9.69. The van der Waals surface area contributed by atoms with Crippen molar-refractivity contribution in [2.24, 2.45) is 11.8 Å². The average molecular weight is 487 g/mol. The quantitative estimate of drug-likeness (QED) is 0.460. The molecule has 34 heavy (non-hydrogen) atoms. The molecule has 0 aliphatic carbocycles. The van der Waals surface area contributed by atoms with E-state index >= 15 is 0 Å². The molecule has 0 unspecified atom stereocenters. The molecule has 3 fully saturated rings. The average Bonchev–Trinajstić information content (AvgIpc) is 3.17. The molecule has 0 aromatic heterocycles. The van der Waals surface area contributed by atoms with Crippen LogP contribution in [0.1, 0.15) is 61.8 Å². The highest BCUT2D eigenvalue weighted by Gasteiger charge is 2.62. The number of fused-ring (bicyclic) bond motifs is 3. The lowest BCUT2D eigenvalue weighted by Gasteiger charge is -2.37. The zero-order valence-electron chi connectivity index (χ0n) is 21.1. The monoisotopic (exact) mass is 486 g/mol. The lowest BCUT2D eigenvalue weighted by Crippen LogP contribution is -2.62. The van der Waals surface area contributed by atoms with Gasteiger partial charge in [-0.2, -0.15) is 0 Å². The predicted molar refractivity (Wildman–Crippen MR) is 118 cm³/mol. The second-order valence-electron chi connectivity index (χ2n) is 10.8. The third-order valence-corrected chi connectivity index (χ3v) is 5.98. The minimum atomic E-state index is -1.12. The van der Waals surface area contributed by atoms with Crippen LogP contribution in [0.3, 0.4) is 0 Å². The van der Waals surface area contributed by atoms with Gasteiger partial charge in [-0.15, -0.1) is 0 Å². The number of ether oxygens (including phenoxy) is 5. The molecule has 2 amide bonds. The predicted octanol–water partition coefficient (Wildman–Crippen LogP) is 1.14. The van der Waals surface area contributed by atoms with Gasteiger partial charge in [-0.3, -0.25) is 9.59 Å². The Hall–Kier alpha value is -1.79. The van der Waals surface area contributed by atoms with Crippen LogP contribution >= 0.6 is 0 Å². The van der Waals surface area contributed by atoms with Crippen molar-refractivity contribution >= 4 is 17.8 Å². The normalized spacial score (nSPS) is 33.2. The number of carboxylic acids is 1. The summed E-state index contributed by atoms with van der Waals surface area (Å²) in [6.07, 6.45) is -3.67. The van der Waals surface area contributed by atoms with Crippen molar-refractivity contribution in [3.05, 3.63) is 0 Å². The number of carbonyl (C=O) groups is 3. The summed E-state index contributed by atoms with van der Waals surface area (Å²) in [4.78, 5) is 37.9. The highest BCUT2D eigenvalue weighted by atomic mass is 16.9. The Labute approximate surface area is 200 Å². The van der Waals surface area contributed by atoms with Crippen molar-refractivity contribution in [3.8, 4) is 0 Å². The summed E-state index contributed by atoms with van der Waals surface area (Å²) >= 11 is 0. The fourth-order valence-electron chi connectivity index (χ4n) is 4.55. The lowest BCUT2D eigenvalue weighted by atomic mass is 9.96. The van der Waals surface area contributed by atoms with E-state index in [1.807, 2.05) is 13.8 Å². The minimum Gasteiger partial charge on any atom is -0.480 e. The highest BCUT2D eigenvalue weighted by Crippen LogP contribution is 2.44. The summed E-state index contributed by atoms with van der Waals surface area (Å²) < 4.78 is 29.7. The van der Waals surface area contributed by atoms with Crippen molar-refractivity contribution in [3.63, 3.8) is 0 Å². The van der Waals surface area contributed by atoms with Crippen LogP contribution in [0.15, 0.2) is 0 Å². The number of rotatable bonds is 8. The first-order valence-corrected chi connectivity index (χ1v) is 11.8. The van der Waals surface area contributed by atoms with Crippen molar-refractivity contribution in [1.82, 2.24) is 10.6 Å². The molecule has 0 spiro atoms. The number of nitrogens with one attached hydrogen (secondary N) is 2. The molecule has 0 radical (unpaired) electrons. The van der Waals surface area contributed by atoms with Gasteiger partial charge in [-0.1, -0.05) is 27.7 Å². The molecular formula is C23H38N2O9. The number of hydrogen-bond donors (Lipinski definition) is 3. The van der Waals surface area contributed by atoms with Crippen LogP contribution in [0.4, 0.5) is 0 Å². The van der Waals surface area contributed by atoms with E-state index in [2.05, 4.69) is 10.6 Å². The molecule has 0 saturated carbocycles. The van der Waals surface area contributed by atoms with Crippen molar-refractivity contribution < 1.29 is 43.2 Å². The standard InChI is InChI=1S/C23H38N2O9/c1-10(2)9-12(20(28)29)24-18(26)13(11(3)4)25-19(27)16-14-15(32-22(5,6)31-14)17-21(30-16)34-23(7,8)33-17/h10-17,21H,9H2,1-8H3,(H,24,26)(H,25,27)(H,28,29)/t12-,13+,14-,15+,16+,17-,21-/m1/s1. The molecule has 3 heterocycles. The van der Waals surface area contributed by atoms with E-state index < -0.39 is 72.1 Å². The summed E-state index contributed by atoms with van der Waals surface area (Å²) in [6.45, 7) is 14.2. The SMILES string of the molecule is CC(C)C[C@@H](NC(=O)[C@@H](NC(=O)[C@H]1O[C@@H]2OC(C)(C)O[C@@H]2[C@H]2OC(C)(C)O[C@H]21)C(C)C)C(=O)O. The molecule has 0 aromatic carbocycles. The van der Waals surface area contributed by atoms with Crippen LogP contribution in [0.5, 0.6) is 0 Å². The molecule has 3 aliphatic rings. The second-order valence-corrected chi connectivity index (χ2v) is 10.8. The van der Waals surface area contributed by atoms with E-state index in [0.717, 1.165) is 0 Å². The smallest absolute Gasteiger partial charge is 0.326 e. The van der Waals surface area contributed by atoms with E-state index in [9.17, 15) is 19.5 Å². The van der Waals surface area contributed by atoms with Gasteiger partial charge in [0.15, 0.2) is 24.0 Å². The van der Waals surface area contributed by atoms with Crippen LogP contribution in [0.2, 0.25) is 0 Å². The Morgan fingerprint density at radius 2 is 1.41 bits per heavy atom. The Bertz CT molecular complexity index is 797. The third-order valence-electron chi connectivity index (χ3n) is 5.98. The van der Waals surface area contributed by atoms with Crippen molar-refractivity contribution in [1.29, 1.82) is 0 Å². The van der Waals surface area contributed by atoms with E-state index in [1.165, 1.54) is 0 Å². The van der Waals surface area contributed by atoms with E-state index in [4.69, 9.17) is 23.7 Å². The van der Waals surface area contributed by atoms with Crippen LogP contribution in [-0.2, 0) is 38.1 Å². The molecule has 3 aliphatic heterocycles. The first kappa shape index (κ1) is 26.8. The summed E-state index contributed by atoms with van der Waals surface area (Å²) in [5.74, 6) is -4.42. The van der Waals surface area contributed by atoms with Crippen molar-refractivity contribution in [2.45, 2.75) is 116 Å². The van der Waals surface area contributed by atoms with Crippen LogP contribution in [0, 0.1) is 11.8 Å². The Morgan fingerprint density at radius 1 is 0.853 bits per heavy atom. The number of carboxylic acid groups (broad SMARTS) is 1. The molecule has 11 heteroatoms. The molecule has 0 bridgehead atoms. The minimum absolute atomic E-state index is 0.0646. The molecular weight excluding hydrogens is 448 g/mol. The summed E-state index contributed by atoms with van der Waals surface area (Å²) in [7, 11) is 0. The molecule has 3 rings (SSSR count). The van der Waals surface area contributed by atoms with Crippen LogP contribution in [-0.4, -0.2) is 77.3 Å². The van der Waals surface area contributed by atoms with Gasteiger partial charge in [0.25, 0.3) is 5.91 Å². The zero-order chi connectivity index (χ0) is 25.6. The van der Waals surface area contributed by atoms with Gasteiger partial charge in [0.1, 0.15) is 30.4 Å². The van der Waals surface area contributed by atoms with E-state index in [-0.39, 0.29) is 18.3 Å². The molecule has 3 saturated heterocycles. The maximum atomic E-state index is 13.4. The lowest BCUT2D eigenvalue weighted by molar-refractivity contribution is -0.231. The number of amides is 2. The van der Waals surface area contributed by atoms with Gasteiger partial charge in [-0.05, 0) is 46.0 Å². The third kappa shape index (κ3) is 5.88. The maximum Gasteiger partial charge on any atom is 0.326 e. The Kier molecular flexibility index (Phi) is 7.64. The summed E-state index contributed by atoms with van der Waals surface area (Å²) in [5, 5.41) is 14.8. The van der Waals surface area contributed by atoms with Crippen LogP contribution < -0.4 is 10.6 Å². The zero-order valence-corrected chi connectivity index (χ0v) is 21.1. The van der Waals surface area contributed by atoms with Gasteiger partial charge in [0.2, 0.25) is 5.91 Å².